The smallest absolute Gasteiger partial charge is 0.321 e. The molecule has 3 atom stereocenters. The molecule has 5 nitrogen and oxygen atoms in total. The Kier molecular flexibility index (Phi) is 7.40. The van der Waals surface area contributed by atoms with Gasteiger partial charge in [0.25, 0.3) is 0 Å². The molecule has 0 bridgehead atoms. The van der Waals surface area contributed by atoms with Gasteiger partial charge in [-0.2, -0.15) is 0 Å². The Bertz CT molecular complexity index is 377. The number of carbonyl (C=O) groups is 3. The minimum absolute atomic E-state index is 0.294. The van der Waals surface area contributed by atoms with Crippen molar-refractivity contribution in [1.29, 1.82) is 0 Å². The zero-order valence-electron chi connectivity index (χ0n) is 13.2. The summed E-state index contributed by atoms with van der Waals surface area (Å²) in [7, 11) is 0. The first-order valence-electron chi connectivity index (χ1n) is 7.96. The van der Waals surface area contributed by atoms with Crippen molar-refractivity contribution < 1.29 is 23.9 Å². The Morgan fingerprint density at radius 2 is 1.81 bits per heavy atom. The summed E-state index contributed by atoms with van der Waals surface area (Å²) >= 11 is 0. The fraction of sp³-hybridized carbons (Fsp3) is 0.812. The van der Waals surface area contributed by atoms with E-state index in [9.17, 15) is 14.4 Å². The highest BCUT2D eigenvalue weighted by Crippen LogP contribution is 2.29. The van der Waals surface area contributed by atoms with Crippen molar-refractivity contribution in [3.63, 3.8) is 0 Å². The molecule has 120 valence electrons. The van der Waals surface area contributed by atoms with Gasteiger partial charge in [0.15, 0.2) is 0 Å². The molecule has 1 rings (SSSR count). The lowest BCUT2D eigenvalue weighted by Gasteiger charge is -2.21. The molecule has 5 heteroatoms. The number of esters is 3. The Labute approximate surface area is 126 Å². The zero-order chi connectivity index (χ0) is 15.8. The third-order valence-corrected chi connectivity index (χ3v) is 3.95. The van der Waals surface area contributed by atoms with E-state index in [1.54, 1.807) is 6.92 Å². The molecule has 21 heavy (non-hydrogen) atoms. The van der Waals surface area contributed by atoms with E-state index in [0.717, 1.165) is 25.7 Å². The summed E-state index contributed by atoms with van der Waals surface area (Å²) in [6, 6.07) is 0. The van der Waals surface area contributed by atoms with Gasteiger partial charge in [-0.1, -0.05) is 46.5 Å². The molecule has 1 aliphatic heterocycles. The third-order valence-electron chi connectivity index (χ3n) is 3.95. The van der Waals surface area contributed by atoms with Crippen LogP contribution >= 0.6 is 0 Å². The maximum atomic E-state index is 11.8. The second-order valence-electron chi connectivity index (χ2n) is 5.66. The van der Waals surface area contributed by atoms with Gasteiger partial charge < -0.3 is 9.47 Å². The quantitative estimate of drug-likeness (QED) is 0.372. The summed E-state index contributed by atoms with van der Waals surface area (Å²) in [4.78, 5) is 34.9. The molecule has 0 spiro atoms. The first-order valence-corrected chi connectivity index (χ1v) is 7.96. The molecular weight excluding hydrogens is 272 g/mol. The summed E-state index contributed by atoms with van der Waals surface area (Å²) in [5, 5.41) is 0. The Balaban J connectivity index is 2.41. The summed E-state index contributed by atoms with van der Waals surface area (Å²) in [6.45, 7) is 5.62. The van der Waals surface area contributed by atoms with Crippen LogP contribution in [0.2, 0.25) is 0 Å². The van der Waals surface area contributed by atoms with E-state index in [-0.39, 0.29) is 5.97 Å². The van der Waals surface area contributed by atoms with E-state index in [0.29, 0.717) is 12.8 Å². The van der Waals surface area contributed by atoms with E-state index in [1.165, 1.54) is 6.42 Å². The van der Waals surface area contributed by atoms with Crippen LogP contribution in [0.4, 0.5) is 0 Å². The molecule has 1 aliphatic rings. The largest absolute Gasteiger partial charge is 0.461 e. The van der Waals surface area contributed by atoms with Crippen LogP contribution in [0.15, 0.2) is 0 Å². The lowest BCUT2D eigenvalue weighted by molar-refractivity contribution is -0.158. The van der Waals surface area contributed by atoms with E-state index in [2.05, 4.69) is 11.7 Å². The molecule has 0 N–H and O–H groups in total. The highest BCUT2D eigenvalue weighted by molar-refractivity contribution is 5.96. The van der Waals surface area contributed by atoms with Gasteiger partial charge in [0.05, 0.1) is 5.92 Å². The molecule has 0 aromatic rings. The first-order chi connectivity index (χ1) is 10.0. The number of rotatable bonds is 9. The van der Waals surface area contributed by atoms with Crippen molar-refractivity contribution in [2.45, 2.75) is 71.8 Å². The molecule has 0 aromatic heterocycles. The summed E-state index contributed by atoms with van der Waals surface area (Å²) in [6.07, 6.45) is 5.59. The second-order valence-corrected chi connectivity index (χ2v) is 5.66. The van der Waals surface area contributed by atoms with Gasteiger partial charge in [0.2, 0.25) is 0 Å². The molecule has 0 aromatic carbocycles. The fourth-order valence-electron chi connectivity index (χ4n) is 2.60. The van der Waals surface area contributed by atoms with Crippen LogP contribution in [0.1, 0.15) is 65.7 Å². The average molecular weight is 298 g/mol. The van der Waals surface area contributed by atoms with E-state index >= 15 is 0 Å². The van der Waals surface area contributed by atoms with Crippen LogP contribution in [0.3, 0.4) is 0 Å². The van der Waals surface area contributed by atoms with Crippen LogP contribution < -0.4 is 0 Å². The third kappa shape index (κ3) is 5.14. The van der Waals surface area contributed by atoms with Crippen LogP contribution in [0, 0.1) is 11.8 Å². The zero-order valence-corrected chi connectivity index (χ0v) is 13.2. The number of unbranched alkanes of at least 4 members (excludes halogenated alkanes) is 4. The number of hydrogen-bond donors (Lipinski definition) is 0. The van der Waals surface area contributed by atoms with Gasteiger partial charge in [-0.15, -0.1) is 0 Å². The van der Waals surface area contributed by atoms with Gasteiger partial charge in [-0.25, -0.2) is 0 Å². The average Bonchev–Trinajstić information content (AvgIpc) is 2.70. The minimum atomic E-state index is -0.661. The predicted molar refractivity (Wildman–Crippen MR) is 77.3 cm³/mol. The second kappa shape index (κ2) is 8.80. The van der Waals surface area contributed by atoms with Crippen molar-refractivity contribution in [2.75, 3.05) is 0 Å². The van der Waals surface area contributed by atoms with Crippen molar-refractivity contribution >= 4 is 17.9 Å². The maximum absolute atomic E-state index is 11.8. The Hall–Kier alpha value is -1.39. The summed E-state index contributed by atoms with van der Waals surface area (Å²) in [5.74, 6) is -2.60. The van der Waals surface area contributed by atoms with Crippen LogP contribution in [0.25, 0.3) is 0 Å². The van der Waals surface area contributed by atoms with Crippen molar-refractivity contribution in [2.24, 2.45) is 11.8 Å². The van der Waals surface area contributed by atoms with Crippen molar-refractivity contribution in [1.82, 2.24) is 0 Å². The minimum Gasteiger partial charge on any atom is -0.461 e. The van der Waals surface area contributed by atoms with Gasteiger partial charge in [-0.3, -0.25) is 14.4 Å². The summed E-state index contributed by atoms with van der Waals surface area (Å²) in [5.41, 5.74) is 0. The molecule has 0 saturated carbocycles. The Morgan fingerprint density at radius 3 is 2.33 bits per heavy atom. The molecule has 0 radical (unpaired) electrons. The standard InChI is InChI=1S/C16H26O5/c1-4-6-7-8-9-10-13(17)20-12(5-2)14-11(3)15(18)21-16(14)19/h11-12,14H,4-10H2,1-3H3. The monoisotopic (exact) mass is 298 g/mol. The fourth-order valence-corrected chi connectivity index (χ4v) is 2.60. The lowest BCUT2D eigenvalue weighted by Crippen LogP contribution is -2.33. The number of ether oxygens (including phenoxy) is 2. The lowest BCUT2D eigenvalue weighted by atomic mass is 9.90. The number of cyclic esters (lactones) is 2. The molecular formula is C16H26O5. The van der Waals surface area contributed by atoms with E-state index in [1.807, 2.05) is 6.92 Å². The molecule has 0 aliphatic carbocycles. The molecule has 1 fully saturated rings. The van der Waals surface area contributed by atoms with E-state index < -0.39 is 29.9 Å². The first kappa shape index (κ1) is 17.7. The van der Waals surface area contributed by atoms with Gasteiger partial charge in [0.1, 0.15) is 12.0 Å². The van der Waals surface area contributed by atoms with Crippen molar-refractivity contribution in [3.8, 4) is 0 Å². The van der Waals surface area contributed by atoms with Crippen LogP contribution in [-0.4, -0.2) is 24.0 Å². The van der Waals surface area contributed by atoms with Gasteiger partial charge >= 0.3 is 17.9 Å². The van der Waals surface area contributed by atoms with E-state index in [4.69, 9.17) is 4.74 Å². The normalized spacial score (nSPS) is 23.0. The molecule has 3 unspecified atom stereocenters. The summed E-state index contributed by atoms with van der Waals surface area (Å²) < 4.78 is 9.99. The Morgan fingerprint density at radius 1 is 1.14 bits per heavy atom. The van der Waals surface area contributed by atoms with Gasteiger partial charge in [0, 0.05) is 6.42 Å². The highest BCUT2D eigenvalue weighted by atomic mass is 16.6. The SMILES string of the molecule is CCCCCCCC(=O)OC(CC)C1C(=O)OC(=O)C1C. The predicted octanol–water partition coefficient (Wildman–Crippen LogP) is 3.00. The van der Waals surface area contributed by atoms with Crippen molar-refractivity contribution in [3.05, 3.63) is 0 Å². The topological polar surface area (TPSA) is 69.7 Å². The number of carbonyl (C=O) groups excluding carboxylic acids is 3. The maximum Gasteiger partial charge on any atom is 0.321 e. The number of hydrogen-bond acceptors (Lipinski definition) is 5. The molecule has 0 amide bonds. The molecule has 1 saturated heterocycles. The van der Waals surface area contributed by atoms with Crippen LogP contribution in [0.5, 0.6) is 0 Å². The highest BCUT2D eigenvalue weighted by Gasteiger charge is 2.46. The molecule has 1 heterocycles. The van der Waals surface area contributed by atoms with Gasteiger partial charge in [-0.05, 0) is 12.8 Å². The van der Waals surface area contributed by atoms with Crippen LogP contribution in [-0.2, 0) is 23.9 Å².